The average molecular weight is 501 g/mol. The van der Waals surface area contributed by atoms with Gasteiger partial charge in [0.05, 0.1) is 11.5 Å². The number of amides is 1. The third kappa shape index (κ3) is 5.39. The van der Waals surface area contributed by atoms with Crippen LogP contribution in [0.2, 0.25) is 0 Å². The molecule has 5 nitrogen and oxygen atoms in total. The normalized spacial score (nSPS) is 27.1. The Balaban J connectivity index is 1.36. The second-order valence-electron chi connectivity index (χ2n) is 10.8. The molecule has 4 atom stereocenters. The van der Waals surface area contributed by atoms with Crippen LogP contribution in [0, 0.1) is 18.8 Å². The lowest BCUT2D eigenvalue weighted by Gasteiger charge is -2.39. The molecular weight excluding hydrogens is 465 g/mol. The van der Waals surface area contributed by atoms with Gasteiger partial charge in [0, 0.05) is 42.6 Å². The van der Waals surface area contributed by atoms with Crippen molar-refractivity contribution in [2.75, 3.05) is 30.8 Å². The van der Waals surface area contributed by atoms with Crippen LogP contribution in [0.1, 0.15) is 54.8 Å². The molecule has 1 saturated carbocycles. The zero-order chi connectivity index (χ0) is 25.4. The van der Waals surface area contributed by atoms with Crippen molar-refractivity contribution < 1.29 is 18.0 Å². The van der Waals surface area contributed by atoms with Crippen LogP contribution in [0.15, 0.2) is 42.5 Å². The van der Waals surface area contributed by atoms with Gasteiger partial charge < -0.3 is 20.9 Å². The van der Waals surface area contributed by atoms with Crippen molar-refractivity contribution in [2.24, 2.45) is 11.8 Å². The number of halogens is 3. The number of hydrogen-bond acceptors (Lipinski definition) is 4. The summed E-state index contributed by atoms with van der Waals surface area (Å²) < 4.78 is 40.2. The van der Waals surface area contributed by atoms with Crippen molar-refractivity contribution in [1.82, 2.24) is 10.2 Å². The van der Waals surface area contributed by atoms with E-state index in [1.807, 2.05) is 0 Å². The van der Waals surface area contributed by atoms with Crippen LogP contribution in [0.4, 0.5) is 24.5 Å². The standard InChI is InChI=1S/C28H35F3N4O/c1-17-7-10-22(14-24(17)28(29,30)31)33-27(36)23-13-19-15-35(2)16-25(19)34-26(23)18-8-11-21(12-9-18)32-20-5-3-4-6-20/h7-12,14,19-20,23,25-26,32,34H,3-6,13,15-16H2,1-2H3,(H,33,36). The van der Waals surface area contributed by atoms with Gasteiger partial charge in [-0.3, -0.25) is 4.79 Å². The monoisotopic (exact) mass is 500 g/mol. The summed E-state index contributed by atoms with van der Waals surface area (Å²) in [6.07, 6.45) is 1.15. The summed E-state index contributed by atoms with van der Waals surface area (Å²) in [5.74, 6) is -0.304. The first-order valence-electron chi connectivity index (χ1n) is 13.0. The molecule has 194 valence electrons. The summed E-state index contributed by atoms with van der Waals surface area (Å²) in [6, 6.07) is 12.9. The number of aryl methyl sites for hydroxylation is 1. The van der Waals surface area contributed by atoms with Gasteiger partial charge in [0.1, 0.15) is 0 Å². The van der Waals surface area contributed by atoms with E-state index in [1.165, 1.54) is 38.7 Å². The van der Waals surface area contributed by atoms with Crippen LogP contribution in [0.25, 0.3) is 0 Å². The van der Waals surface area contributed by atoms with E-state index in [4.69, 9.17) is 0 Å². The van der Waals surface area contributed by atoms with E-state index in [0.717, 1.165) is 30.4 Å². The Kier molecular flexibility index (Phi) is 7.01. The van der Waals surface area contributed by atoms with Gasteiger partial charge in [-0.15, -0.1) is 0 Å². The minimum Gasteiger partial charge on any atom is -0.382 e. The van der Waals surface area contributed by atoms with Gasteiger partial charge in [-0.2, -0.15) is 13.2 Å². The van der Waals surface area contributed by atoms with Crippen LogP contribution in [-0.4, -0.2) is 43.0 Å². The van der Waals surface area contributed by atoms with Crippen LogP contribution >= 0.6 is 0 Å². The lowest BCUT2D eigenvalue weighted by molar-refractivity contribution is -0.138. The minimum absolute atomic E-state index is 0.140. The predicted molar refractivity (Wildman–Crippen MR) is 136 cm³/mol. The Hall–Kier alpha value is -2.58. The van der Waals surface area contributed by atoms with Gasteiger partial charge in [0.25, 0.3) is 0 Å². The first-order valence-corrected chi connectivity index (χ1v) is 13.0. The molecule has 4 unspecified atom stereocenters. The number of rotatable bonds is 5. The molecule has 5 rings (SSSR count). The molecule has 0 aromatic heterocycles. The number of nitrogens with zero attached hydrogens (tertiary/aromatic N) is 1. The van der Waals surface area contributed by atoms with Crippen LogP contribution < -0.4 is 16.0 Å². The highest BCUT2D eigenvalue weighted by Crippen LogP contribution is 2.39. The molecule has 0 bridgehead atoms. The number of anilines is 2. The molecule has 36 heavy (non-hydrogen) atoms. The number of alkyl halides is 3. The largest absolute Gasteiger partial charge is 0.416 e. The summed E-state index contributed by atoms with van der Waals surface area (Å²) in [4.78, 5) is 15.8. The van der Waals surface area contributed by atoms with Crippen LogP contribution in [-0.2, 0) is 11.0 Å². The highest BCUT2D eigenvalue weighted by molar-refractivity contribution is 5.93. The number of carbonyl (C=O) groups is 1. The molecule has 2 aromatic rings. The van der Waals surface area contributed by atoms with Gasteiger partial charge in [-0.05, 0) is 74.5 Å². The van der Waals surface area contributed by atoms with Gasteiger partial charge in [-0.25, -0.2) is 0 Å². The molecule has 3 N–H and O–H groups in total. The fourth-order valence-electron chi connectivity index (χ4n) is 6.24. The smallest absolute Gasteiger partial charge is 0.382 e. The third-order valence-electron chi connectivity index (χ3n) is 8.12. The Morgan fingerprint density at radius 2 is 1.72 bits per heavy atom. The molecule has 2 heterocycles. The predicted octanol–water partition coefficient (Wildman–Crippen LogP) is 5.59. The number of likely N-dealkylation sites (tertiary alicyclic amines) is 1. The molecule has 0 radical (unpaired) electrons. The fraction of sp³-hybridized carbons (Fsp3) is 0.536. The maximum absolute atomic E-state index is 13.5. The molecule has 2 aromatic carbocycles. The van der Waals surface area contributed by atoms with Gasteiger partial charge in [0.15, 0.2) is 0 Å². The highest BCUT2D eigenvalue weighted by atomic mass is 19.4. The first-order chi connectivity index (χ1) is 17.2. The number of hydrogen-bond donors (Lipinski definition) is 3. The van der Waals surface area contributed by atoms with E-state index in [1.54, 1.807) is 6.07 Å². The number of fused-ring (bicyclic) bond motifs is 1. The maximum atomic E-state index is 13.5. The summed E-state index contributed by atoms with van der Waals surface area (Å²) >= 11 is 0. The van der Waals surface area contributed by atoms with Crippen molar-refractivity contribution >= 4 is 17.3 Å². The van der Waals surface area contributed by atoms with Gasteiger partial charge in [-0.1, -0.05) is 31.0 Å². The van der Waals surface area contributed by atoms with Crippen LogP contribution in [0.5, 0.6) is 0 Å². The zero-order valence-electron chi connectivity index (χ0n) is 20.9. The van der Waals surface area contributed by atoms with Crippen molar-refractivity contribution in [2.45, 2.75) is 63.3 Å². The molecule has 2 aliphatic heterocycles. The molecule has 2 saturated heterocycles. The summed E-state index contributed by atoms with van der Waals surface area (Å²) in [7, 11) is 2.08. The number of piperidine rings is 1. The van der Waals surface area contributed by atoms with Crippen LogP contribution in [0.3, 0.4) is 0 Å². The van der Waals surface area contributed by atoms with E-state index < -0.39 is 11.7 Å². The minimum atomic E-state index is -4.46. The Morgan fingerprint density at radius 3 is 2.42 bits per heavy atom. The van der Waals surface area contributed by atoms with Crippen molar-refractivity contribution in [3.8, 4) is 0 Å². The van der Waals surface area contributed by atoms with E-state index >= 15 is 0 Å². The third-order valence-corrected chi connectivity index (χ3v) is 8.12. The first kappa shape index (κ1) is 25.1. The number of nitrogens with one attached hydrogen (secondary N) is 3. The van der Waals surface area contributed by atoms with E-state index in [2.05, 4.69) is 52.2 Å². The second-order valence-corrected chi connectivity index (χ2v) is 10.8. The van der Waals surface area contributed by atoms with Crippen molar-refractivity contribution in [3.63, 3.8) is 0 Å². The fourth-order valence-corrected chi connectivity index (χ4v) is 6.24. The Bertz CT molecular complexity index is 1080. The lowest BCUT2D eigenvalue weighted by Crippen LogP contribution is -2.50. The second kappa shape index (κ2) is 10.1. The molecule has 1 amide bonds. The van der Waals surface area contributed by atoms with Gasteiger partial charge in [0.2, 0.25) is 5.91 Å². The summed E-state index contributed by atoms with van der Waals surface area (Å²) in [6.45, 7) is 3.25. The summed E-state index contributed by atoms with van der Waals surface area (Å²) in [5, 5.41) is 10.1. The lowest BCUT2D eigenvalue weighted by atomic mass is 9.78. The molecule has 0 spiro atoms. The van der Waals surface area contributed by atoms with Crippen molar-refractivity contribution in [3.05, 3.63) is 59.2 Å². The Labute approximate surface area is 210 Å². The van der Waals surface area contributed by atoms with E-state index in [9.17, 15) is 18.0 Å². The van der Waals surface area contributed by atoms with Gasteiger partial charge >= 0.3 is 6.18 Å². The summed E-state index contributed by atoms with van der Waals surface area (Å²) in [5.41, 5.74) is 1.71. The van der Waals surface area contributed by atoms with Crippen molar-refractivity contribution in [1.29, 1.82) is 0 Å². The quantitative estimate of drug-likeness (QED) is 0.501. The molecular formula is C28H35F3N4O. The Morgan fingerprint density at radius 1 is 1.03 bits per heavy atom. The number of likely N-dealkylation sites (N-methyl/N-ethyl adjacent to an activating group) is 1. The van der Waals surface area contributed by atoms with E-state index in [-0.39, 0.29) is 35.2 Å². The number of benzene rings is 2. The average Bonchev–Trinajstić information content (AvgIpc) is 3.47. The SMILES string of the molecule is Cc1ccc(NC(=O)C2CC3CN(C)CC3NC2c2ccc(NC3CCCC3)cc2)cc1C(F)(F)F. The zero-order valence-corrected chi connectivity index (χ0v) is 20.9. The highest BCUT2D eigenvalue weighted by Gasteiger charge is 2.44. The molecule has 8 heteroatoms. The number of carbonyl (C=O) groups excluding carboxylic acids is 1. The molecule has 3 aliphatic rings. The maximum Gasteiger partial charge on any atom is 0.416 e. The van der Waals surface area contributed by atoms with E-state index in [0.29, 0.717) is 18.4 Å². The molecule has 1 aliphatic carbocycles. The molecule has 3 fully saturated rings. The topological polar surface area (TPSA) is 56.4 Å².